The Bertz CT molecular complexity index is 480. The number of aliphatic hydroxyl groups is 1. The second-order valence-corrected chi connectivity index (χ2v) is 6.97. The maximum absolute atomic E-state index is 11.1. The monoisotopic (exact) mass is 273 g/mol. The molecule has 110 valence electrons. The fourth-order valence-electron chi connectivity index (χ4n) is 3.79. The first-order valence-electron chi connectivity index (χ1n) is 8.15. The normalized spacial score (nSPS) is 29.6. The third-order valence-electron chi connectivity index (χ3n) is 5.28. The third-order valence-corrected chi connectivity index (χ3v) is 5.28. The van der Waals surface area contributed by atoms with E-state index in [0.717, 1.165) is 18.5 Å². The molecule has 0 saturated carbocycles. The summed E-state index contributed by atoms with van der Waals surface area (Å²) in [5, 5.41) is 14.6. The number of fused-ring (bicyclic) bond motifs is 1. The van der Waals surface area contributed by atoms with Crippen LogP contribution in [-0.4, -0.2) is 17.7 Å². The fraction of sp³-hybridized carbons (Fsp3) is 0.667. The summed E-state index contributed by atoms with van der Waals surface area (Å²) in [6.07, 6.45) is 7.26. The van der Waals surface area contributed by atoms with Crippen molar-refractivity contribution in [2.45, 2.75) is 64.0 Å². The largest absolute Gasteiger partial charge is 0.384 e. The molecule has 1 heterocycles. The van der Waals surface area contributed by atoms with E-state index in [2.05, 4.69) is 30.4 Å². The minimum atomic E-state index is -0.763. The molecule has 2 nitrogen and oxygen atoms in total. The van der Waals surface area contributed by atoms with Crippen molar-refractivity contribution in [3.63, 3.8) is 0 Å². The molecule has 0 radical (unpaired) electrons. The summed E-state index contributed by atoms with van der Waals surface area (Å²) < 4.78 is 0. The van der Waals surface area contributed by atoms with Crippen molar-refractivity contribution >= 4 is 0 Å². The molecule has 2 aliphatic rings. The molecule has 1 aliphatic carbocycles. The summed E-state index contributed by atoms with van der Waals surface area (Å²) >= 11 is 0. The van der Waals surface area contributed by atoms with Gasteiger partial charge < -0.3 is 10.4 Å². The minimum Gasteiger partial charge on any atom is -0.384 e. The molecule has 3 atom stereocenters. The highest BCUT2D eigenvalue weighted by atomic mass is 16.3. The number of nitrogens with one attached hydrogen (secondary N) is 1. The van der Waals surface area contributed by atoms with Gasteiger partial charge in [-0.15, -0.1) is 0 Å². The summed E-state index contributed by atoms with van der Waals surface area (Å²) in [6.45, 7) is 5.29. The average Bonchev–Trinajstić information content (AvgIpc) is 2.46. The molecule has 1 aromatic carbocycles. The van der Waals surface area contributed by atoms with Crippen LogP contribution in [0.1, 0.15) is 56.2 Å². The molecule has 3 unspecified atom stereocenters. The second-order valence-electron chi connectivity index (χ2n) is 6.97. The topological polar surface area (TPSA) is 32.3 Å². The lowest BCUT2D eigenvalue weighted by Gasteiger charge is -2.39. The Labute approximate surface area is 122 Å². The molecule has 3 rings (SSSR count). The van der Waals surface area contributed by atoms with Crippen molar-refractivity contribution in [3.05, 3.63) is 34.9 Å². The van der Waals surface area contributed by atoms with Crippen LogP contribution in [0, 0.1) is 5.92 Å². The number of hydrogen-bond acceptors (Lipinski definition) is 2. The zero-order valence-electron chi connectivity index (χ0n) is 12.8. The SMILES string of the molecule is CC1CCNC(C(C)(O)c2ccc3c(c2)CCCC3)C1. The molecular formula is C18H27NO. The summed E-state index contributed by atoms with van der Waals surface area (Å²) in [5.41, 5.74) is 3.27. The van der Waals surface area contributed by atoms with Crippen LogP contribution in [0.5, 0.6) is 0 Å². The van der Waals surface area contributed by atoms with Crippen molar-refractivity contribution in [3.8, 4) is 0 Å². The van der Waals surface area contributed by atoms with E-state index in [0.29, 0.717) is 5.92 Å². The van der Waals surface area contributed by atoms with Gasteiger partial charge in [-0.25, -0.2) is 0 Å². The van der Waals surface area contributed by atoms with Crippen molar-refractivity contribution in [2.24, 2.45) is 5.92 Å². The zero-order chi connectivity index (χ0) is 14.2. The highest BCUT2D eigenvalue weighted by Gasteiger charge is 2.36. The molecule has 1 aliphatic heterocycles. The van der Waals surface area contributed by atoms with Crippen LogP contribution in [0.4, 0.5) is 0 Å². The van der Waals surface area contributed by atoms with Gasteiger partial charge >= 0.3 is 0 Å². The molecule has 1 saturated heterocycles. The van der Waals surface area contributed by atoms with Crippen molar-refractivity contribution in [2.75, 3.05) is 6.54 Å². The lowest BCUT2D eigenvalue weighted by Crippen LogP contribution is -2.50. The highest BCUT2D eigenvalue weighted by molar-refractivity contribution is 5.37. The first-order valence-corrected chi connectivity index (χ1v) is 8.15. The van der Waals surface area contributed by atoms with E-state index in [1.807, 2.05) is 6.92 Å². The van der Waals surface area contributed by atoms with E-state index in [9.17, 15) is 5.11 Å². The Kier molecular flexibility index (Phi) is 3.87. The Morgan fingerprint density at radius 2 is 1.95 bits per heavy atom. The van der Waals surface area contributed by atoms with Crippen LogP contribution in [0.3, 0.4) is 0 Å². The number of rotatable bonds is 2. The molecule has 0 bridgehead atoms. The van der Waals surface area contributed by atoms with Crippen LogP contribution in [-0.2, 0) is 18.4 Å². The molecule has 0 amide bonds. The maximum Gasteiger partial charge on any atom is 0.102 e. The van der Waals surface area contributed by atoms with E-state index < -0.39 is 5.60 Å². The summed E-state index contributed by atoms with van der Waals surface area (Å²) in [4.78, 5) is 0. The first-order chi connectivity index (χ1) is 9.57. The van der Waals surface area contributed by atoms with Gasteiger partial charge in [-0.1, -0.05) is 25.1 Å². The standard InChI is InChI=1S/C18H27NO/c1-13-9-10-19-17(11-13)18(2,20)16-8-7-14-5-3-4-6-15(14)12-16/h7-8,12-13,17,19-20H,3-6,9-11H2,1-2H3. The number of benzene rings is 1. The Morgan fingerprint density at radius 1 is 1.20 bits per heavy atom. The number of piperidine rings is 1. The average molecular weight is 273 g/mol. The number of aryl methyl sites for hydroxylation is 2. The van der Waals surface area contributed by atoms with Crippen LogP contribution < -0.4 is 5.32 Å². The fourth-order valence-corrected chi connectivity index (χ4v) is 3.79. The van der Waals surface area contributed by atoms with E-state index in [-0.39, 0.29) is 6.04 Å². The Morgan fingerprint density at radius 3 is 2.70 bits per heavy atom. The van der Waals surface area contributed by atoms with Gasteiger partial charge in [0.25, 0.3) is 0 Å². The van der Waals surface area contributed by atoms with Crippen LogP contribution in [0.15, 0.2) is 18.2 Å². The third kappa shape index (κ3) is 2.64. The van der Waals surface area contributed by atoms with Crippen molar-refractivity contribution in [1.82, 2.24) is 5.32 Å². The van der Waals surface area contributed by atoms with E-state index in [4.69, 9.17) is 0 Å². The Hall–Kier alpha value is -0.860. The molecule has 2 N–H and O–H groups in total. The minimum absolute atomic E-state index is 0.174. The second kappa shape index (κ2) is 5.50. The van der Waals surface area contributed by atoms with Gasteiger partial charge in [-0.3, -0.25) is 0 Å². The van der Waals surface area contributed by atoms with Gasteiger partial charge in [0.1, 0.15) is 5.60 Å². The zero-order valence-corrected chi connectivity index (χ0v) is 12.8. The quantitative estimate of drug-likeness (QED) is 0.867. The predicted octanol–water partition coefficient (Wildman–Crippen LogP) is 3.16. The van der Waals surface area contributed by atoms with Crippen molar-refractivity contribution < 1.29 is 5.11 Å². The van der Waals surface area contributed by atoms with Gasteiger partial charge in [0.05, 0.1) is 0 Å². The summed E-state index contributed by atoms with van der Waals surface area (Å²) in [6, 6.07) is 6.82. The molecule has 1 aromatic rings. The molecular weight excluding hydrogens is 246 g/mol. The van der Waals surface area contributed by atoms with Gasteiger partial charge in [-0.2, -0.15) is 0 Å². The summed E-state index contributed by atoms with van der Waals surface area (Å²) in [5.74, 6) is 0.699. The molecule has 20 heavy (non-hydrogen) atoms. The smallest absolute Gasteiger partial charge is 0.102 e. The summed E-state index contributed by atoms with van der Waals surface area (Å²) in [7, 11) is 0. The van der Waals surface area contributed by atoms with Crippen LogP contribution in [0.2, 0.25) is 0 Å². The highest BCUT2D eigenvalue weighted by Crippen LogP contribution is 2.33. The van der Waals surface area contributed by atoms with Crippen LogP contribution in [0.25, 0.3) is 0 Å². The number of hydrogen-bond donors (Lipinski definition) is 2. The van der Waals surface area contributed by atoms with Gasteiger partial charge in [0.2, 0.25) is 0 Å². The maximum atomic E-state index is 11.1. The van der Waals surface area contributed by atoms with Crippen LogP contribution >= 0.6 is 0 Å². The van der Waals surface area contributed by atoms with E-state index >= 15 is 0 Å². The molecule has 2 heteroatoms. The van der Waals surface area contributed by atoms with Gasteiger partial charge in [0, 0.05) is 6.04 Å². The predicted molar refractivity (Wildman–Crippen MR) is 82.8 cm³/mol. The first kappa shape index (κ1) is 14.1. The molecule has 1 fully saturated rings. The lowest BCUT2D eigenvalue weighted by atomic mass is 9.78. The molecule has 0 aromatic heterocycles. The van der Waals surface area contributed by atoms with Gasteiger partial charge in [0.15, 0.2) is 0 Å². The lowest BCUT2D eigenvalue weighted by molar-refractivity contribution is -0.00148. The van der Waals surface area contributed by atoms with E-state index in [1.54, 1.807) is 0 Å². The van der Waals surface area contributed by atoms with Crippen molar-refractivity contribution in [1.29, 1.82) is 0 Å². The van der Waals surface area contributed by atoms with E-state index in [1.165, 1.54) is 43.2 Å². The van der Waals surface area contributed by atoms with Gasteiger partial charge in [-0.05, 0) is 74.6 Å². The Balaban J connectivity index is 1.86. The molecule has 0 spiro atoms.